The molecule has 0 unspecified atom stereocenters. The Balaban J connectivity index is 1.62. The Morgan fingerprint density at radius 3 is 2.79 bits per heavy atom. The van der Waals surface area contributed by atoms with E-state index in [9.17, 15) is 9.59 Å². The highest BCUT2D eigenvalue weighted by atomic mass is 32.2. The van der Waals surface area contributed by atoms with Crippen molar-refractivity contribution in [3.05, 3.63) is 51.1 Å². The number of anilines is 1. The van der Waals surface area contributed by atoms with E-state index in [4.69, 9.17) is 9.72 Å². The lowest BCUT2D eigenvalue weighted by atomic mass is 9.94. The predicted octanol–water partition coefficient (Wildman–Crippen LogP) is 3.97. The van der Waals surface area contributed by atoms with Crippen molar-refractivity contribution >= 4 is 44.9 Å². The molecule has 3 heterocycles. The zero-order valence-corrected chi connectivity index (χ0v) is 18.4. The summed E-state index contributed by atoms with van der Waals surface area (Å²) in [5, 5.41) is 3.72. The normalized spacial score (nSPS) is 16.4. The van der Waals surface area contributed by atoms with Crippen LogP contribution < -0.4 is 10.9 Å². The lowest BCUT2D eigenvalue weighted by Crippen LogP contribution is -2.32. The maximum Gasteiger partial charge on any atom is 0.262 e. The average molecular weight is 430 g/mol. The molecule has 1 N–H and O–H groups in total. The Labute approximate surface area is 177 Å². The summed E-state index contributed by atoms with van der Waals surface area (Å²) in [7, 11) is 1.72. The number of amides is 1. The van der Waals surface area contributed by atoms with Crippen molar-refractivity contribution in [2.24, 2.45) is 7.05 Å². The van der Waals surface area contributed by atoms with Gasteiger partial charge in [-0.1, -0.05) is 30.0 Å². The van der Waals surface area contributed by atoms with Gasteiger partial charge in [0.1, 0.15) is 4.83 Å². The van der Waals surface area contributed by atoms with Crippen LogP contribution in [0, 0.1) is 0 Å². The van der Waals surface area contributed by atoms with Crippen molar-refractivity contribution in [2.45, 2.75) is 49.8 Å². The molecular weight excluding hydrogens is 406 g/mol. The van der Waals surface area contributed by atoms with Gasteiger partial charge in [-0.2, -0.15) is 0 Å². The lowest BCUT2D eigenvalue weighted by molar-refractivity contribution is -0.115. The molecular formula is C21H23N3O3S2. The molecule has 1 aliphatic heterocycles. The SMILES string of the molecule is C[C@H](Sc1nc2sc3c(c2c(=O)n1C)CC(C)(C)OC3)C(=O)Nc1ccccc1. The standard InChI is InChI=1S/C21H23N3O3S2/c1-12(17(25)22-13-8-6-5-7-9-13)28-20-23-18-16(19(26)24(20)4)14-10-21(2,3)27-11-15(14)29-18/h5-9,12H,10-11H2,1-4H3,(H,22,25)/t12-/m0/s1. The van der Waals surface area contributed by atoms with E-state index in [1.807, 2.05) is 51.1 Å². The van der Waals surface area contributed by atoms with Crippen LogP contribution in [0.15, 0.2) is 40.3 Å². The summed E-state index contributed by atoms with van der Waals surface area (Å²) >= 11 is 2.80. The number of fused-ring (bicyclic) bond motifs is 3. The molecule has 0 spiro atoms. The van der Waals surface area contributed by atoms with Crippen LogP contribution in [0.5, 0.6) is 0 Å². The smallest absolute Gasteiger partial charge is 0.262 e. The van der Waals surface area contributed by atoms with Gasteiger partial charge in [0.15, 0.2) is 5.16 Å². The molecule has 29 heavy (non-hydrogen) atoms. The van der Waals surface area contributed by atoms with Crippen molar-refractivity contribution in [3.63, 3.8) is 0 Å². The number of carbonyl (C=O) groups excluding carboxylic acids is 1. The summed E-state index contributed by atoms with van der Waals surface area (Å²) in [6.07, 6.45) is 0.696. The molecule has 8 heteroatoms. The van der Waals surface area contributed by atoms with Crippen molar-refractivity contribution in [2.75, 3.05) is 5.32 Å². The molecule has 1 amide bonds. The minimum absolute atomic E-state index is 0.0663. The first kappa shape index (κ1) is 20.1. The van der Waals surface area contributed by atoms with E-state index in [0.29, 0.717) is 23.6 Å². The van der Waals surface area contributed by atoms with Gasteiger partial charge in [0, 0.05) is 24.0 Å². The second-order valence-corrected chi connectivity index (χ2v) is 10.2. The van der Waals surface area contributed by atoms with Crippen LogP contribution in [-0.4, -0.2) is 26.3 Å². The third-order valence-corrected chi connectivity index (χ3v) is 7.21. The molecule has 3 aromatic rings. The van der Waals surface area contributed by atoms with Crippen molar-refractivity contribution < 1.29 is 9.53 Å². The number of nitrogens with one attached hydrogen (secondary N) is 1. The number of thioether (sulfide) groups is 1. The molecule has 1 aliphatic rings. The van der Waals surface area contributed by atoms with E-state index in [-0.39, 0.29) is 17.1 Å². The molecule has 0 aliphatic carbocycles. The van der Waals surface area contributed by atoms with E-state index < -0.39 is 5.25 Å². The first-order valence-electron chi connectivity index (χ1n) is 9.43. The lowest BCUT2D eigenvalue weighted by Gasteiger charge is -2.29. The molecule has 0 saturated heterocycles. The Morgan fingerprint density at radius 2 is 2.07 bits per heavy atom. The number of thiophene rings is 1. The fraction of sp³-hybridized carbons (Fsp3) is 0.381. The highest BCUT2D eigenvalue weighted by molar-refractivity contribution is 8.00. The van der Waals surface area contributed by atoms with Gasteiger partial charge in [0.05, 0.1) is 22.8 Å². The van der Waals surface area contributed by atoms with Crippen LogP contribution in [0.4, 0.5) is 5.69 Å². The quantitative estimate of drug-likeness (QED) is 0.502. The second-order valence-electron chi connectivity index (χ2n) is 7.78. The first-order chi connectivity index (χ1) is 13.7. The van der Waals surface area contributed by atoms with Gasteiger partial charge in [-0.25, -0.2) is 4.98 Å². The van der Waals surface area contributed by atoms with Gasteiger partial charge in [-0.3, -0.25) is 14.2 Å². The summed E-state index contributed by atoms with van der Waals surface area (Å²) in [4.78, 5) is 32.2. The predicted molar refractivity (Wildman–Crippen MR) is 118 cm³/mol. The van der Waals surface area contributed by atoms with E-state index in [2.05, 4.69) is 5.32 Å². The highest BCUT2D eigenvalue weighted by Crippen LogP contribution is 2.37. The first-order valence-corrected chi connectivity index (χ1v) is 11.1. The fourth-order valence-electron chi connectivity index (χ4n) is 3.34. The molecule has 0 saturated carbocycles. The van der Waals surface area contributed by atoms with Crippen LogP contribution in [0.2, 0.25) is 0 Å². The summed E-state index contributed by atoms with van der Waals surface area (Å²) in [5.41, 5.74) is 1.45. The monoisotopic (exact) mass is 429 g/mol. The van der Waals surface area contributed by atoms with Crippen molar-refractivity contribution in [3.8, 4) is 0 Å². The Bertz CT molecular complexity index is 1140. The molecule has 1 aromatic carbocycles. The van der Waals surface area contributed by atoms with E-state index >= 15 is 0 Å². The number of nitrogens with zero attached hydrogens (tertiary/aromatic N) is 2. The van der Waals surface area contributed by atoms with Gasteiger partial charge in [0.25, 0.3) is 5.56 Å². The topological polar surface area (TPSA) is 73.2 Å². The molecule has 0 radical (unpaired) electrons. The number of para-hydroxylation sites is 1. The number of hydrogen-bond donors (Lipinski definition) is 1. The van der Waals surface area contributed by atoms with Crippen LogP contribution in [0.1, 0.15) is 31.2 Å². The third-order valence-electron chi connectivity index (χ3n) is 4.96. The summed E-state index contributed by atoms with van der Waals surface area (Å²) in [6, 6.07) is 9.33. The zero-order valence-electron chi connectivity index (χ0n) is 16.8. The Kier molecular flexibility index (Phi) is 5.27. The molecule has 1 atom stereocenters. The van der Waals surface area contributed by atoms with Gasteiger partial charge in [-0.15, -0.1) is 11.3 Å². The number of hydrogen-bond acceptors (Lipinski definition) is 6. The van der Waals surface area contributed by atoms with Gasteiger partial charge < -0.3 is 10.1 Å². The number of ether oxygens (including phenoxy) is 1. The van der Waals surface area contributed by atoms with Gasteiger partial charge >= 0.3 is 0 Å². The molecule has 0 fully saturated rings. The average Bonchev–Trinajstić information content (AvgIpc) is 3.02. The molecule has 4 rings (SSSR count). The number of rotatable bonds is 4. The third kappa shape index (κ3) is 3.97. The second kappa shape index (κ2) is 7.59. The minimum Gasteiger partial charge on any atom is -0.370 e. The summed E-state index contributed by atoms with van der Waals surface area (Å²) in [5.74, 6) is -0.129. The Morgan fingerprint density at radius 1 is 1.34 bits per heavy atom. The van der Waals surface area contributed by atoms with E-state index in [1.165, 1.54) is 23.1 Å². The zero-order chi connectivity index (χ0) is 20.8. The molecule has 152 valence electrons. The molecule has 2 aromatic heterocycles. The van der Waals surface area contributed by atoms with Crippen LogP contribution in [-0.2, 0) is 29.6 Å². The number of benzene rings is 1. The van der Waals surface area contributed by atoms with Crippen LogP contribution in [0.3, 0.4) is 0 Å². The van der Waals surface area contributed by atoms with Crippen molar-refractivity contribution in [1.29, 1.82) is 0 Å². The van der Waals surface area contributed by atoms with Gasteiger partial charge in [0.2, 0.25) is 5.91 Å². The minimum atomic E-state index is -0.400. The van der Waals surface area contributed by atoms with Crippen LogP contribution in [0.25, 0.3) is 10.2 Å². The van der Waals surface area contributed by atoms with Gasteiger partial charge in [-0.05, 0) is 38.5 Å². The summed E-state index contributed by atoms with van der Waals surface area (Å²) < 4.78 is 7.44. The van der Waals surface area contributed by atoms with E-state index in [0.717, 1.165) is 21.0 Å². The van der Waals surface area contributed by atoms with Crippen LogP contribution >= 0.6 is 23.1 Å². The maximum absolute atomic E-state index is 13.1. The number of aromatic nitrogens is 2. The Hall–Kier alpha value is -2.16. The molecule has 0 bridgehead atoms. The maximum atomic E-state index is 13.1. The largest absolute Gasteiger partial charge is 0.370 e. The van der Waals surface area contributed by atoms with Crippen molar-refractivity contribution in [1.82, 2.24) is 9.55 Å². The molecule has 6 nitrogen and oxygen atoms in total. The van der Waals surface area contributed by atoms with E-state index in [1.54, 1.807) is 11.6 Å². The highest BCUT2D eigenvalue weighted by Gasteiger charge is 2.31. The fourth-order valence-corrected chi connectivity index (χ4v) is 5.36. The number of carbonyl (C=O) groups is 1. The summed E-state index contributed by atoms with van der Waals surface area (Å²) in [6.45, 7) is 6.39.